The van der Waals surface area contributed by atoms with Crippen LogP contribution in [0.25, 0.3) is 0 Å². The van der Waals surface area contributed by atoms with Crippen LogP contribution in [0.2, 0.25) is 0 Å². The summed E-state index contributed by atoms with van der Waals surface area (Å²) in [4.78, 5) is 5.04. The van der Waals surface area contributed by atoms with Gasteiger partial charge in [-0.3, -0.25) is 0 Å². The molecule has 0 fully saturated rings. The Labute approximate surface area is 164 Å². The molecule has 0 spiro atoms. The first-order valence-electron chi connectivity index (χ1n) is 11.1. The maximum atomic E-state index is 2.54. The summed E-state index contributed by atoms with van der Waals surface area (Å²) in [5.41, 5.74) is 3.44. The molecule has 1 aliphatic rings. The number of hydrogen-bond donors (Lipinski definition) is 0. The van der Waals surface area contributed by atoms with Crippen LogP contribution in [0.4, 0.5) is 0 Å². The van der Waals surface area contributed by atoms with Gasteiger partial charge in [0.05, 0.1) is 0 Å². The maximum absolute atomic E-state index is 2.54. The monoisotopic (exact) mass is 362 g/mol. The van der Waals surface area contributed by atoms with E-state index in [1.807, 2.05) is 0 Å². The number of likely N-dealkylation sites (N-methyl/N-ethyl adjacent to an activating group) is 1. The van der Waals surface area contributed by atoms with Crippen LogP contribution in [0.3, 0.4) is 0 Å². The third-order valence-corrected chi connectivity index (χ3v) is 5.76. The van der Waals surface area contributed by atoms with Crippen LogP contribution in [0, 0.1) is 5.41 Å². The smallest absolute Gasteiger partial charge is 0.0230 e. The maximum Gasteiger partial charge on any atom is 0.0230 e. The van der Waals surface area contributed by atoms with Crippen molar-refractivity contribution in [3.63, 3.8) is 0 Å². The lowest BCUT2D eigenvalue weighted by Crippen LogP contribution is -2.35. The Balaban J connectivity index is 2.41. The third kappa shape index (κ3) is 9.37. The van der Waals surface area contributed by atoms with Gasteiger partial charge in [0.1, 0.15) is 0 Å². The van der Waals surface area contributed by atoms with Gasteiger partial charge in [-0.15, -0.1) is 0 Å². The Kier molecular flexibility index (Phi) is 11.5. The van der Waals surface area contributed by atoms with E-state index in [1.54, 1.807) is 11.1 Å². The first-order valence-corrected chi connectivity index (χ1v) is 11.1. The Bertz CT molecular complexity index is 437. The van der Waals surface area contributed by atoms with Crippen molar-refractivity contribution in [2.24, 2.45) is 5.41 Å². The average Bonchev–Trinajstić information content (AvgIpc) is 2.58. The van der Waals surface area contributed by atoms with Crippen molar-refractivity contribution in [3.05, 3.63) is 23.3 Å². The second-order valence-corrected chi connectivity index (χ2v) is 9.07. The number of unbranched alkanes of at least 4 members (excludes halogenated alkanes) is 6. The van der Waals surface area contributed by atoms with Gasteiger partial charge in [-0.2, -0.15) is 0 Å². The highest BCUT2D eigenvalue weighted by atomic mass is 15.1. The van der Waals surface area contributed by atoms with Gasteiger partial charge in [0.2, 0.25) is 0 Å². The fourth-order valence-corrected chi connectivity index (χ4v) is 4.20. The fourth-order valence-electron chi connectivity index (χ4n) is 4.20. The molecule has 26 heavy (non-hydrogen) atoms. The molecule has 0 saturated carbocycles. The molecular formula is C24H46N2. The molecule has 0 aromatic carbocycles. The highest BCUT2D eigenvalue weighted by Gasteiger charge is 2.27. The summed E-state index contributed by atoms with van der Waals surface area (Å²) in [5.74, 6) is 0. The van der Waals surface area contributed by atoms with Crippen LogP contribution >= 0.6 is 0 Å². The lowest BCUT2D eigenvalue weighted by Gasteiger charge is -2.35. The molecule has 0 bridgehead atoms. The molecule has 2 heteroatoms. The quantitative estimate of drug-likeness (QED) is 0.335. The van der Waals surface area contributed by atoms with E-state index in [0.29, 0.717) is 5.41 Å². The first-order chi connectivity index (χ1) is 12.4. The molecule has 1 unspecified atom stereocenters. The summed E-state index contributed by atoms with van der Waals surface area (Å²) < 4.78 is 0. The minimum Gasteiger partial charge on any atom is -0.306 e. The standard InChI is InChI=1S/C24H46N2/c1-7-9-11-13-17-25(5)20-23-15-16-24(4,19-22(23)3)21-26(6)18-14-12-10-8-2/h15-16H,7-14,17-21H2,1-6H3. The van der Waals surface area contributed by atoms with Gasteiger partial charge in [0.25, 0.3) is 0 Å². The van der Waals surface area contributed by atoms with Gasteiger partial charge in [0, 0.05) is 18.5 Å². The molecule has 1 rings (SSSR count). The molecular weight excluding hydrogens is 316 g/mol. The summed E-state index contributed by atoms with van der Waals surface area (Å²) in [6.07, 6.45) is 16.9. The van der Waals surface area contributed by atoms with E-state index in [4.69, 9.17) is 0 Å². The van der Waals surface area contributed by atoms with Crippen LogP contribution < -0.4 is 0 Å². The molecule has 0 heterocycles. The molecule has 0 amide bonds. The summed E-state index contributed by atoms with van der Waals surface area (Å²) >= 11 is 0. The largest absolute Gasteiger partial charge is 0.306 e. The summed E-state index contributed by atoms with van der Waals surface area (Å²) in [5, 5.41) is 0. The third-order valence-electron chi connectivity index (χ3n) is 5.76. The highest BCUT2D eigenvalue weighted by molar-refractivity contribution is 5.33. The number of nitrogens with zero attached hydrogens (tertiary/aromatic N) is 2. The second kappa shape index (κ2) is 12.7. The van der Waals surface area contributed by atoms with Gasteiger partial charge in [-0.25, -0.2) is 0 Å². The van der Waals surface area contributed by atoms with Crippen molar-refractivity contribution in [3.8, 4) is 0 Å². The van der Waals surface area contributed by atoms with Crippen molar-refractivity contribution in [2.75, 3.05) is 40.3 Å². The van der Waals surface area contributed by atoms with Crippen molar-refractivity contribution < 1.29 is 0 Å². The number of hydrogen-bond acceptors (Lipinski definition) is 2. The number of rotatable bonds is 14. The minimum absolute atomic E-state index is 0.298. The molecule has 0 aromatic heterocycles. The molecule has 0 radical (unpaired) electrons. The topological polar surface area (TPSA) is 6.48 Å². The molecule has 152 valence electrons. The Hall–Kier alpha value is -0.600. The summed E-state index contributed by atoms with van der Waals surface area (Å²) in [6, 6.07) is 0. The molecule has 1 aliphatic carbocycles. The predicted molar refractivity (Wildman–Crippen MR) is 118 cm³/mol. The summed E-state index contributed by atoms with van der Waals surface area (Å²) in [7, 11) is 4.57. The highest BCUT2D eigenvalue weighted by Crippen LogP contribution is 2.34. The van der Waals surface area contributed by atoms with Crippen molar-refractivity contribution in [1.29, 1.82) is 0 Å². The normalized spacial score (nSPS) is 20.6. The van der Waals surface area contributed by atoms with Gasteiger partial charge >= 0.3 is 0 Å². The van der Waals surface area contributed by atoms with Crippen molar-refractivity contribution in [1.82, 2.24) is 9.80 Å². The van der Waals surface area contributed by atoms with E-state index in [0.717, 1.165) is 6.54 Å². The first kappa shape index (κ1) is 23.4. The van der Waals surface area contributed by atoms with E-state index in [2.05, 4.69) is 63.7 Å². The molecule has 2 nitrogen and oxygen atoms in total. The zero-order valence-corrected chi connectivity index (χ0v) is 18.7. The van der Waals surface area contributed by atoms with Crippen LogP contribution in [0.1, 0.15) is 85.5 Å². The zero-order valence-electron chi connectivity index (χ0n) is 18.7. The SMILES string of the molecule is CCCCCCN(C)CC1=C(C)CC(C)(CN(C)CCCCCC)C=C1. The molecule has 0 N–H and O–H groups in total. The van der Waals surface area contributed by atoms with Gasteiger partial charge in [0.15, 0.2) is 0 Å². The predicted octanol–water partition coefficient (Wildman–Crippen LogP) is 6.29. The van der Waals surface area contributed by atoms with Crippen LogP contribution in [-0.2, 0) is 0 Å². The van der Waals surface area contributed by atoms with E-state index >= 15 is 0 Å². The van der Waals surface area contributed by atoms with Gasteiger partial charge in [-0.1, -0.05) is 77.0 Å². The zero-order chi connectivity index (χ0) is 19.4. The lowest BCUT2D eigenvalue weighted by molar-refractivity contribution is 0.227. The second-order valence-electron chi connectivity index (χ2n) is 9.07. The van der Waals surface area contributed by atoms with E-state index < -0.39 is 0 Å². The Morgan fingerprint density at radius 1 is 0.885 bits per heavy atom. The van der Waals surface area contributed by atoms with E-state index in [1.165, 1.54) is 77.4 Å². The van der Waals surface area contributed by atoms with E-state index in [9.17, 15) is 0 Å². The Morgan fingerprint density at radius 3 is 2.00 bits per heavy atom. The fraction of sp³-hybridized carbons (Fsp3) is 0.833. The summed E-state index contributed by atoms with van der Waals surface area (Å²) in [6.45, 7) is 14.1. The molecule has 0 aromatic rings. The van der Waals surface area contributed by atoms with Gasteiger partial charge < -0.3 is 9.80 Å². The number of allylic oxidation sites excluding steroid dienone is 1. The van der Waals surface area contributed by atoms with Gasteiger partial charge in [-0.05, 0) is 58.9 Å². The lowest BCUT2D eigenvalue weighted by atomic mass is 9.77. The van der Waals surface area contributed by atoms with E-state index in [-0.39, 0.29) is 0 Å². The van der Waals surface area contributed by atoms with Crippen LogP contribution in [0.15, 0.2) is 23.3 Å². The van der Waals surface area contributed by atoms with Crippen molar-refractivity contribution >= 4 is 0 Å². The van der Waals surface area contributed by atoms with Crippen LogP contribution in [-0.4, -0.2) is 50.1 Å². The van der Waals surface area contributed by atoms with Crippen LogP contribution in [0.5, 0.6) is 0 Å². The average molecular weight is 363 g/mol. The Morgan fingerprint density at radius 2 is 1.46 bits per heavy atom. The van der Waals surface area contributed by atoms with Crippen molar-refractivity contribution in [2.45, 2.75) is 85.5 Å². The minimum atomic E-state index is 0.298. The molecule has 1 atom stereocenters. The molecule has 0 aliphatic heterocycles. The molecule has 0 saturated heterocycles.